The molecule has 1 heterocycles. The van der Waals surface area contributed by atoms with Gasteiger partial charge in [0.15, 0.2) is 8.24 Å². The van der Waals surface area contributed by atoms with E-state index in [1.165, 1.54) is 0 Å². The Labute approximate surface area is 86.6 Å². The first-order valence-corrected chi connectivity index (χ1v) is 8.04. The van der Waals surface area contributed by atoms with Crippen LogP contribution in [0.25, 0.3) is 0 Å². The summed E-state index contributed by atoms with van der Waals surface area (Å²) < 4.78 is 1.66. The number of imide groups is 1. The fourth-order valence-corrected chi connectivity index (χ4v) is 6.06. The van der Waals surface area contributed by atoms with Crippen LogP contribution in [-0.4, -0.2) is 24.6 Å². The molecular weight excluding hydrogens is 194 g/mol. The second kappa shape index (κ2) is 4.25. The molecule has 2 amide bonds. The number of hydrogen-bond donors (Lipinski definition) is 0. The molecule has 14 heavy (non-hydrogen) atoms. The molecule has 0 aliphatic carbocycles. The van der Waals surface area contributed by atoms with Crippen LogP contribution >= 0.6 is 0 Å². The van der Waals surface area contributed by atoms with Crippen LogP contribution in [0.1, 0.15) is 33.6 Å². The third kappa shape index (κ3) is 1.63. The van der Waals surface area contributed by atoms with E-state index in [1.54, 1.807) is 4.57 Å². The quantitative estimate of drug-likeness (QED) is 0.530. The summed E-state index contributed by atoms with van der Waals surface area (Å²) >= 11 is 0. The first-order chi connectivity index (χ1) is 6.61. The zero-order chi connectivity index (χ0) is 10.8. The number of carbonyl (C=O) groups excluding carboxylic acids is 2. The minimum Gasteiger partial charge on any atom is -0.311 e. The van der Waals surface area contributed by atoms with E-state index in [0.717, 1.165) is 18.1 Å². The van der Waals surface area contributed by atoms with Gasteiger partial charge in [0.2, 0.25) is 11.8 Å². The number of rotatable bonds is 4. The summed E-state index contributed by atoms with van der Waals surface area (Å²) in [6.07, 6.45) is 0.876. The van der Waals surface area contributed by atoms with Crippen LogP contribution in [0.4, 0.5) is 0 Å². The second-order valence-corrected chi connectivity index (χ2v) is 8.93. The van der Waals surface area contributed by atoms with Gasteiger partial charge in [-0.3, -0.25) is 9.59 Å². The molecule has 0 bridgehead atoms. The van der Waals surface area contributed by atoms with E-state index in [1.807, 2.05) is 0 Å². The highest BCUT2D eigenvalue weighted by atomic mass is 28.3. The number of nitrogens with zero attached hydrogens (tertiary/aromatic N) is 1. The molecule has 3 nitrogen and oxygen atoms in total. The Bertz CT molecular complexity index is 224. The largest absolute Gasteiger partial charge is 0.311 e. The van der Waals surface area contributed by atoms with E-state index in [9.17, 15) is 9.59 Å². The van der Waals surface area contributed by atoms with Crippen molar-refractivity contribution in [3.05, 3.63) is 0 Å². The minimum atomic E-state index is -1.78. The molecule has 0 N–H and O–H groups in total. The highest BCUT2D eigenvalue weighted by Gasteiger charge is 2.44. The Hall–Kier alpha value is -0.643. The summed E-state index contributed by atoms with van der Waals surface area (Å²) in [6.45, 7) is 6.33. The monoisotopic (exact) mass is 213 g/mol. The second-order valence-electron chi connectivity index (χ2n) is 3.91. The number of amides is 2. The molecule has 1 saturated heterocycles. The normalized spacial score (nSPS) is 18.1. The van der Waals surface area contributed by atoms with Gasteiger partial charge >= 0.3 is 0 Å². The number of hydrogen-bond acceptors (Lipinski definition) is 2. The molecule has 0 radical (unpaired) electrons. The molecule has 0 saturated carbocycles. The standard InChI is InChI=1S/C10H19NO2Si/c1-4-14(5-2,6-3)11-9(12)7-8-10(11)13/h4-8H2,1-3H3. The van der Waals surface area contributed by atoms with Gasteiger partial charge in [-0.15, -0.1) is 0 Å². The third-order valence-electron chi connectivity index (χ3n) is 3.50. The average molecular weight is 213 g/mol. The van der Waals surface area contributed by atoms with Gasteiger partial charge in [0.05, 0.1) is 0 Å². The van der Waals surface area contributed by atoms with E-state index in [2.05, 4.69) is 20.8 Å². The van der Waals surface area contributed by atoms with Crippen LogP contribution < -0.4 is 0 Å². The van der Waals surface area contributed by atoms with Crippen molar-refractivity contribution in [1.29, 1.82) is 0 Å². The van der Waals surface area contributed by atoms with E-state index in [4.69, 9.17) is 0 Å². The highest BCUT2D eigenvalue weighted by Crippen LogP contribution is 2.29. The maximum absolute atomic E-state index is 11.6. The lowest BCUT2D eigenvalue weighted by Gasteiger charge is -2.36. The molecule has 1 rings (SSSR count). The van der Waals surface area contributed by atoms with Gasteiger partial charge in [-0.2, -0.15) is 0 Å². The van der Waals surface area contributed by atoms with Gasteiger partial charge < -0.3 is 4.57 Å². The fourth-order valence-electron chi connectivity index (χ4n) is 2.33. The summed E-state index contributed by atoms with van der Waals surface area (Å²) in [5.74, 6) is 0.152. The first kappa shape index (κ1) is 11.4. The SMILES string of the molecule is CC[Si](CC)(CC)N1C(=O)CCC1=O. The lowest BCUT2D eigenvalue weighted by Crippen LogP contribution is -2.54. The lowest BCUT2D eigenvalue weighted by atomic mass is 10.4. The van der Waals surface area contributed by atoms with Gasteiger partial charge in [-0.05, 0) is 18.1 Å². The van der Waals surface area contributed by atoms with E-state index in [0.29, 0.717) is 12.8 Å². The van der Waals surface area contributed by atoms with Crippen molar-refractivity contribution < 1.29 is 9.59 Å². The Balaban J connectivity index is 2.97. The first-order valence-electron chi connectivity index (χ1n) is 5.47. The van der Waals surface area contributed by atoms with E-state index in [-0.39, 0.29) is 11.8 Å². The van der Waals surface area contributed by atoms with Gasteiger partial charge in [-0.1, -0.05) is 20.8 Å². The predicted molar refractivity (Wildman–Crippen MR) is 58.3 cm³/mol. The van der Waals surface area contributed by atoms with Crippen molar-refractivity contribution >= 4 is 20.0 Å². The fraction of sp³-hybridized carbons (Fsp3) is 0.800. The zero-order valence-electron chi connectivity index (χ0n) is 9.30. The molecule has 80 valence electrons. The summed E-state index contributed by atoms with van der Waals surface area (Å²) in [5.41, 5.74) is 0. The molecule has 0 aromatic carbocycles. The van der Waals surface area contributed by atoms with Crippen molar-refractivity contribution in [2.24, 2.45) is 0 Å². The van der Waals surface area contributed by atoms with Crippen LogP contribution in [0.2, 0.25) is 18.1 Å². The Kier molecular flexibility index (Phi) is 3.47. The molecule has 0 unspecified atom stereocenters. The van der Waals surface area contributed by atoms with Crippen molar-refractivity contribution in [2.45, 2.75) is 51.7 Å². The van der Waals surface area contributed by atoms with Gasteiger partial charge in [-0.25, -0.2) is 0 Å². The molecular formula is C10H19NO2Si. The third-order valence-corrected chi connectivity index (χ3v) is 8.90. The topological polar surface area (TPSA) is 37.4 Å². The molecule has 4 heteroatoms. The maximum atomic E-state index is 11.6. The summed E-state index contributed by atoms with van der Waals surface area (Å²) in [4.78, 5) is 23.3. The molecule has 0 aromatic rings. The van der Waals surface area contributed by atoms with Crippen LogP contribution in [0, 0.1) is 0 Å². The van der Waals surface area contributed by atoms with Gasteiger partial charge in [0.1, 0.15) is 0 Å². The molecule has 1 aliphatic heterocycles. The Morgan fingerprint density at radius 2 is 1.36 bits per heavy atom. The van der Waals surface area contributed by atoms with Crippen molar-refractivity contribution in [3.8, 4) is 0 Å². The van der Waals surface area contributed by atoms with Crippen LogP contribution in [-0.2, 0) is 9.59 Å². The summed E-state index contributed by atoms with van der Waals surface area (Å²) in [7, 11) is -1.78. The van der Waals surface area contributed by atoms with Crippen molar-refractivity contribution in [3.63, 3.8) is 0 Å². The van der Waals surface area contributed by atoms with Gasteiger partial charge in [0.25, 0.3) is 0 Å². The predicted octanol–water partition coefficient (Wildman–Crippen LogP) is 2.14. The maximum Gasteiger partial charge on any atom is 0.221 e. The molecule has 1 aliphatic rings. The molecule has 1 fully saturated rings. The van der Waals surface area contributed by atoms with Crippen molar-refractivity contribution in [2.75, 3.05) is 0 Å². The van der Waals surface area contributed by atoms with Crippen LogP contribution in [0.15, 0.2) is 0 Å². The lowest BCUT2D eigenvalue weighted by molar-refractivity contribution is -0.133. The smallest absolute Gasteiger partial charge is 0.221 e. The zero-order valence-corrected chi connectivity index (χ0v) is 10.3. The Morgan fingerprint density at radius 3 is 1.64 bits per heavy atom. The van der Waals surface area contributed by atoms with Crippen molar-refractivity contribution in [1.82, 2.24) is 4.57 Å². The summed E-state index contributed by atoms with van der Waals surface area (Å²) in [5, 5.41) is 0. The Morgan fingerprint density at radius 1 is 1.00 bits per heavy atom. The molecule has 0 spiro atoms. The van der Waals surface area contributed by atoms with Crippen LogP contribution in [0.5, 0.6) is 0 Å². The molecule has 0 aromatic heterocycles. The van der Waals surface area contributed by atoms with Gasteiger partial charge in [0, 0.05) is 12.8 Å². The average Bonchev–Trinajstić information content (AvgIpc) is 2.53. The molecule has 0 atom stereocenters. The highest BCUT2D eigenvalue weighted by molar-refractivity contribution is 6.81. The number of carbonyl (C=O) groups is 2. The minimum absolute atomic E-state index is 0.0761. The summed E-state index contributed by atoms with van der Waals surface area (Å²) in [6, 6.07) is 2.99. The van der Waals surface area contributed by atoms with Crippen LogP contribution in [0.3, 0.4) is 0 Å². The van der Waals surface area contributed by atoms with E-state index >= 15 is 0 Å². The van der Waals surface area contributed by atoms with E-state index < -0.39 is 8.24 Å².